The van der Waals surface area contributed by atoms with E-state index in [-0.39, 0.29) is 23.5 Å². The van der Waals surface area contributed by atoms with Gasteiger partial charge >= 0.3 is 0 Å². The largest absolute Gasteiger partial charge is 0.252 e. The van der Waals surface area contributed by atoms with Crippen LogP contribution in [0.3, 0.4) is 0 Å². The number of hydrogen-bond donors (Lipinski definition) is 0. The van der Waals surface area contributed by atoms with Crippen molar-refractivity contribution >= 4 is 0 Å². The Hall–Kier alpha value is -2.56. The number of halogens is 2. The van der Waals surface area contributed by atoms with Crippen LogP contribution in [0.1, 0.15) is 34.9 Å². The molecule has 0 bridgehead atoms. The maximum atomic E-state index is 13.6. The molecule has 0 saturated heterocycles. The molecule has 0 aliphatic heterocycles. The van der Waals surface area contributed by atoms with Gasteiger partial charge in [0.2, 0.25) is 0 Å². The number of rotatable bonds is 3. The van der Waals surface area contributed by atoms with Gasteiger partial charge in [-0.1, -0.05) is 18.2 Å². The van der Waals surface area contributed by atoms with Crippen LogP contribution in [-0.2, 0) is 13.0 Å². The third-order valence-electron chi connectivity index (χ3n) is 4.86. The van der Waals surface area contributed by atoms with Crippen LogP contribution in [0, 0.1) is 11.6 Å². The predicted octanol–water partition coefficient (Wildman–Crippen LogP) is 4.07. The Morgan fingerprint density at radius 2 is 1.83 bits per heavy atom. The molecule has 5 heteroatoms. The van der Waals surface area contributed by atoms with Crippen LogP contribution in [0.5, 0.6) is 0 Å². The van der Waals surface area contributed by atoms with Crippen LogP contribution >= 0.6 is 0 Å². The zero-order valence-corrected chi connectivity index (χ0v) is 13.1. The minimum Gasteiger partial charge on any atom is -0.252 e. The average Bonchev–Trinajstić information content (AvgIpc) is 3.09. The number of fused-ring (bicyclic) bond motifs is 1. The van der Waals surface area contributed by atoms with E-state index in [0.717, 1.165) is 29.5 Å². The highest BCUT2D eigenvalue weighted by atomic mass is 19.1. The van der Waals surface area contributed by atoms with Gasteiger partial charge in [-0.2, -0.15) is 5.10 Å². The molecule has 1 aliphatic carbocycles. The van der Waals surface area contributed by atoms with Gasteiger partial charge in [-0.25, -0.2) is 13.8 Å². The van der Waals surface area contributed by atoms with Crippen molar-refractivity contribution in [1.82, 2.24) is 14.8 Å². The Kier molecular flexibility index (Phi) is 3.84. The SMILES string of the molecule is Fc1ccc([C@@H]2CCc3cc(F)ccc3[C@@H]2Cn2cncn2)cc1. The minimum absolute atomic E-state index is 0.154. The van der Waals surface area contributed by atoms with Crippen molar-refractivity contribution in [1.29, 1.82) is 0 Å². The zero-order valence-electron chi connectivity index (χ0n) is 13.1. The Morgan fingerprint density at radius 3 is 2.58 bits per heavy atom. The molecule has 3 nitrogen and oxygen atoms in total. The third kappa shape index (κ3) is 2.82. The van der Waals surface area contributed by atoms with Gasteiger partial charge < -0.3 is 0 Å². The summed E-state index contributed by atoms with van der Waals surface area (Å²) in [5, 5.41) is 4.21. The van der Waals surface area contributed by atoms with E-state index in [1.54, 1.807) is 17.1 Å². The summed E-state index contributed by atoms with van der Waals surface area (Å²) in [5.74, 6) is -0.0346. The fourth-order valence-corrected chi connectivity index (χ4v) is 3.74. The number of aryl methyl sites for hydroxylation is 1. The van der Waals surface area contributed by atoms with E-state index < -0.39 is 0 Å². The first-order valence-electron chi connectivity index (χ1n) is 8.07. The van der Waals surface area contributed by atoms with Gasteiger partial charge in [0.25, 0.3) is 0 Å². The van der Waals surface area contributed by atoms with Gasteiger partial charge in [0, 0.05) is 5.92 Å². The fourth-order valence-electron chi connectivity index (χ4n) is 3.74. The average molecular weight is 325 g/mol. The summed E-state index contributed by atoms with van der Waals surface area (Å²) in [6.45, 7) is 0.667. The third-order valence-corrected chi connectivity index (χ3v) is 4.86. The van der Waals surface area contributed by atoms with Crippen LogP contribution in [0.25, 0.3) is 0 Å². The molecule has 0 fully saturated rings. The van der Waals surface area contributed by atoms with Crippen molar-refractivity contribution in [3.05, 3.63) is 83.4 Å². The molecular weight excluding hydrogens is 308 g/mol. The van der Waals surface area contributed by atoms with E-state index >= 15 is 0 Å². The van der Waals surface area contributed by atoms with Crippen LogP contribution in [0.2, 0.25) is 0 Å². The van der Waals surface area contributed by atoms with Gasteiger partial charge in [0.05, 0.1) is 6.54 Å². The van der Waals surface area contributed by atoms with E-state index in [9.17, 15) is 8.78 Å². The van der Waals surface area contributed by atoms with E-state index in [0.29, 0.717) is 6.54 Å². The van der Waals surface area contributed by atoms with Crippen molar-refractivity contribution in [2.24, 2.45) is 0 Å². The molecule has 0 N–H and O–H groups in total. The monoisotopic (exact) mass is 325 g/mol. The smallest absolute Gasteiger partial charge is 0.137 e. The summed E-state index contributed by atoms with van der Waals surface area (Å²) in [4.78, 5) is 4.01. The molecule has 2 atom stereocenters. The Labute approximate surface area is 139 Å². The maximum Gasteiger partial charge on any atom is 0.137 e. The topological polar surface area (TPSA) is 30.7 Å². The highest BCUT2D eigenvalue weighted by Gasteiger charge is 2.31. The second-order valence-corrected chi connectivity index (χ2v) is 6.26. The molecule has 0 saturated carbocycles. The molecule has 0 radical (unpaired) electrons. The summed E-state index contributed by atoms with van der Waals surface area (Å²) in [6.07, 6.45) is 4.94. The molecule has 0 amide bonds. The molecule has 24 heavy (non-hydrogen) atoms. The molecule has 2 aromatic carbocycles. The fraction of sp³-hybridized carbons (Fsp3) is 0.263. The van der Waals surface area contributed by atoms with Crippen LogP contribution in [-0.4, -0.2) is 14.8 Å². The van der Waals surface area contributed by atoms with Crippen LogP contribution < -0.4 is 0 Å². The van der Waals surface area contributed by atoms with Gasteiger partial charge in [0.15, 0.2) is 0 Å². The Bertz CT molecular complexity index is 828. The molecule has 4 rings (SSSR count). The van der Waals surface area contributed by atoms with Crippen molar-refractivity contribution in [3.63, 3.8) is 0 Å². The van der Waals surface area contributed by atoms with Crippen LogP contribution in [0.4, 0.5) is 8.78 Å². The lowest BCUT2D eigenvalue weighted by atomic mass is 9.72. The number of aromatic nitrogens is 3. The second-order valence-electron chi connectivity index (χ2n) is 6.26. The predicted molar refractivity (Wildman–Crippen MR) is 86.6 cm³/mol. The lowest BCUT2D eigenvalue weighted by Gasteiger charge is -2.34. The summed E-state index contributed by atoms with van der Waals surface area (Å²) in [5.41, 5.74) is 3.31. The molecule has 1 aliphatic rings. The second kappa shape index (κ2) is 6.15. The molecule has 1 aromatic heterocycles. The molecule has 0 spiro atoms. The molecule has 3 aromatic rings. The van der Waals surface area contributed by atoms with Crippen molar-refractivity contribution in [2.45, 2.75) is 31.2 Å². The van der Waals surface area contributed by atoms with E-state index in [1.165, 1.54) is 24.5 Å². The summed E-state index contributed by atoms with van der Waals surface area (Å²) in [7, 11) is 0. The first kappa shape index (κ1) is 15.0. The highest BCUT2D eigenvalue weighted by molar-refractivity contribution is 5.38. The molecule has 0 unspecified atom stereocenters. The normalized spacial score (nSPS) is 19.9. The lowest BCUT2D eigenvalue weighted by Crippen LogP contribution is -2.24. The quantitative estimate of drug-likeness (QED) is 0.727. The van der Waals surface area contributed by atoms with Crippen molar-refractivity contribution < 1.29 is 8.78 Å². The van der Waals surface area contributed by atoms with Gasteiger partial charge in [-0.15, -0.1) is 0 Å². The lowest BCUT2D eigenvalue weighted by molar-refractivity contribution is 0.403. The first-order valence-corrected chi connectivity index (χ1v) is 8.07. The van der Waals surface area contributed by atoms with Gasteiger partial charge in [0.1, 0.15) is 24.3 Å². The molecular formula is C19H17F2N3. The van der Waals surface area contributed by atoms with Crippen LogP contribution in [0.15, 0.2) is 55.1 Å². The number of benzene rings is 2. The minimum atomic E-state index is -0.232. The van der Waals surface area contributed by atoms with E-state index in [4.69, 9.17) is 0 Å². The van der Waals surface area contributed by atoms with Gasteiger partial charge in [-0.05, 0) is 59.7 Å². The molecule has 122 valence electrons. The van der Waals surface area contributed by atoms with Crippen molar-refractivity contribution in [3.8, 4) is 0 Å². The zero-order chi connectivity index (χ0) is 16.5. The molecule has 1 heterocycles. The Morgan fingerprint density at radius 1 is 1.04 bits per heavy atom. The summed E-state index contributed by atoms with van der Waals surface area (Å²) >= 11 is 0. The highest BCUT2D eigenvalue weighted by Crippen LogP contribution is 2.43. The Balaban J connectivity index is 1.75. The summed E-state index contributed by atoms with van der Waals surface area (Å²) in [6, 6.07) is 11.7. The standard InChI is InChI=1S/C19H17F2N3/c20-15-4-1-13(2-5-15)17-7-3-14-9-16(21)6-8-18(14)19(17)10-24-12-22-11-23-24/h1-2,4-6,8-9,11-12,17,19H,3,7,10H2/t17-,19+/m0/s1. The number of hydrogen-bond acceptors (Lipinski definition) is 2. The van der Waals surface area contributed by atoms with Gasteiger partial charge in [-0.3, -0.25) is 4.68 Å². The van der Waals surface area contributed by atoms with E-state index in [2.05, 4.69) is 10.1 Å². The van der Waals surface area contributed by atoms with E-state index in [1.807, 2.05) is 18.2 Å². The summed E-state index contributed by atoms with van der Waals surface area (Å²) < 4.78 is 28.7. The maximum absolute atomic E-state index is 13.6. The number of nitrogens with zero attached hydrogens (tertiary/aromatic N) is 3. The van der Waals surface area contributed by atoms with Crippen molar-refractivity contribution in [2.75, 3.05) is 0 Å². The first-order chi connectivity index (χ1) is 11.7.